The third-order valence-electron chi connectivity index (χ3n) is 5.29. The van der Waals surface area contributed by atoms with Crippen molar-refractivity contribution in [2.75, 3.05) is 0 Å². The van der Waals surface area contributed by atoms with Crippen LogP contribution in [0.3, 0.4) is 0 Å². The first-order valence-corrected chi connectivity index (χ1v) is 11.1. The average Bonchev–Trinajstić information content (AvgIpc) is 3.01. The predicted octanol–water partition coefficient (Wildman–Crippen LogP) is 7.36. The molecule has 5 rings (SSSR count). The van der Waals surface area contributed by atoms with Gasteiger partial charge in [0.2, 0.25) is 0 Å². The number of nitrogens with zero attached hydrogens (tertiary/aromatic N) is 5. The van der Waals surface area contributed by atoms with Crippen LogP contribution in [0.15, 0.2) is 97.3 Å². The van der Waals surface area contributed by atoms with E-state index in [2.05, 4.69) is 45.1 Å². The molecular weight excluding hydrogens is 647 g/mol. The molecule has 5 aromatic rings. The summed E-state index contributed by atoms with van der Waals surface area (Å²) in [6, 6.07) is 36.2. The zero-order valence-corrected chi connectivity index (χ0v) is 22.2. The first-order valence-electron chi connectivity index (χ1n) is 12.6. The molecule has 3 aromatic carbocycles. The maximum absolute atomic E-state index is 9.08. The Labute approximate surface area is 240 Å². The van der Waals surface area contributed by atoms with E-state index >= 15 is 0 Å². The summed E-state index contributed by atoms with van der Waals surface area (Å²) in [6.07, 6.45) is 3.13. The molecule has 2 aromatic heterocycles. The van der Waals surface area contributed by atoms with E-state index in [1.54, 1.807) is 0 Å². The Balaban J connectivity index is 0.000000224. The molecule has 0 saturated carbocycles. The van der Waals surface area contributed by atoms with Crippen molar-refractivity contribution in [2.24, 2.45) is 0 Å². The molecule has 0 spiro atoms. The fourth-order valence-electron chi connectivity index (χ4n) is 3.45. The van der Waals surface area contributed by atoms with Gasteiger partial charge in [-0.1, -0.05) is 54.6 Å². The van der Waals surface area contributed by atoms with Gasteiger partial charge >= 0.3 is 0 Å². The van der Waals surface area contributed by atoms with Crippen molar-refractivity contribution in [1.82, 2.24) is 9.97 Å². The molecule has 0 aliphatic carbocycles. The molecule has 0 bridgehead atoms. The molecule has 0 atom stereocenters. The minimum absolute atomic E-state index is 0. The average molecular weight is 669 g/mol. The molecule has 5 nitrogen and oxygen atoms in total. The summed E-state index contributed by atoms with van der Waals surface area (Å²) in [7, 11) is 0. The molecule has 0 N–H and O–H groups in total. The van der Waals surface area contributed by atoms with E-state index in [1.165, 1.54) is 30.0 Å². The predicted molar refractivity (Wildman–Crippen MR) is 143 cm³/mol. The second-order valence-electron chi connectivity index (χ2n) is 7.66. The van der Waals surface area contributed by atoms with Gasteiger partial charge in [-0.25, -0.2) is 5.26 Å². The van der Waals surface area contributed by atoms with Gasteiger partial charge in [0.25, 0.3) is 0 Å². The number of aryl methyl sites for hydroxylation is 1. The van der Waals surface area contributed by atoms with Crippen LogP contribution >= 0.6 is 0 Å². The summed E-state index contributed by atoms with van der Waals surface area (Å²) in [5, 5.41) is 18.1. The number of pyridine rings is 2. The summed E-state index contributed by atoms with van der Waals surface area (Å²) in [5.41, 5.74) is 5.10. The number of benzene rings is 3. The molecular formula is C32H19IrN5-2. The Morgan fingerprint density at radius 3 is 2.16 bits per heavy atom. The Morgan fingerprint density at radius 2 is 1.58 bits per heavy atom. The fraction of sp³-hybridized carbons (Fsp3) is 0.0312. The minimum Gasteiger partial charge on any atom is -0.305 e. The van der Waals surface area contributed by atoms with Crippen molar-refractivity contribution >= 4 is 5.69 Å². The normalized spacial score (nSPS) is 10.9. The van der Waals surface area contributed by atoms with Gasteiger partial charge in [0.05, 0.1) is 12.6 Å². The number of rotatable bonds is 3. The Kier molecular flexibility index (Phi) is 8.28. The van der Waals surface area contributed by atoms with E-state index < -0.39 is 6.85 Å². The van der Waals surface area contributed by atoms with E-state index in [4.69, 9.17) is 21.2 Å². The largest absolute Gasteiger partial charge is 0.305 e. The van der Waals surface area contributed by atoms with Crippen molar-refractivity contribution in [2.45, 2.75) is 6.85 Å². The van der Waals surface area contributed by atoms with Gasteiger partial charge in [0.1, 0.15) is 5.69 Å². The number of nitriles is 2. The van der Waals surface area contributed by atoms with E-state index in [0.29, 0.717) is 11.3 Å². The Bertz CT molecular complexity index is 1640. The van der Waals surface area contributed by atoms with Crippen LogP contribution in [0.5, 0.6) is 0 Å². The summed E-state index contributed by atoms with van der Waals surface area (Å²) in [4.78, 5) is 11.7. The van der Waals surface area contributed by atoms with E-state index in [9.17, 15) is 0 Å². The van der Waals surface area contributed by atoms with Gasteiger partial charge in [-0.3, -0.25) is 4.85 Å². The van der Waals surface area contributed by atoms with E-state index in [0.717, 1.165) is 16.8 Å². The first kappa shape index (κ1) is 23.5. The third-order valence-corrected chi connectivity index (χ3v) is 5.29. The van der Waals surface area contributed by atoms with Crippen molar-refractivity contribution in [1.29, 1.82) is 10.5 Å². The molecule has 6 heteroatoms. The maximum Gasteiger partial charge on any atom is 0.124 e. The number of hydrogen-bond donors (Lipinski definition) is 0. The van der Waals surface area contributed by atoms with Gasteiger partial charge in [0.15, 0.2) is 0 Å². The van der Waals surface area contributed by atoms with Crippen molar-refractivity contribution in [3.8, 4) is 45.8 Å². The van der Waals surface area contributed by atoms with Crippen LogP contribution < -0.4 is 0 Å². The van der Waals surface area contributed by atoms with Gasteiger partial charge in [-0.2, -0.15) is 5.26 Å². The Morgan fingerprint density at radius 1 is 0.842 bits per heavy atom. The summed E-state index contributed by atoms with van der Waals surface area (Å²) >= 11 is 0. The van der Waals surface area contributed by atoms with Gasteiger partial charge in [0, 0.05) is 42.7 Å². The third kappa shape index (κ3) is 6.64. The molecule has 183 valence electrons. The van der Waals surface area contributed by atoms with Gasteiger partial charge in [-0.05, 0) is 46.1 Å². The van der Waals surface area contributed by atoms with Crippen molar-refractivity contribution in [3.05, 3.63) is 138 Å². The van der Waals surface area contributed by atoms with Crippen LogP contribution in [-0.4, -0.2) is 9.97 Å². The quantitative estimate of drug-likeness (QED) is 0.188. The van der Waals surface area contributed by atoms with E-state index in [1.807, 2.05) is 66.9 Å². The molecule has 2 heterocycles. The minimum atomic E-state index is -2.25. The van der Waals surface area contributed by atoms with Crippen LogP contribution in [0.25, 0.3) is 38.5 Å². The topological polar surface area (TPSA) is 77.7 Å². The molecule has 0 saturated heterocycles. The van der Waals surface area contributed by atoms with Crippen molar-refractivity contribution in [3.63, 3.8) is 0 Å². The van der Waals surface area contributed by atoms with Gasteiger partial charge in [-0.15, -0.1) is 53.6 Å². The standard InChI is InChI=1S/C17H12N.C15H7N4.Ir/c1-3-7-14(8-4-1)16-11-12-17(18-13-16)15-9-5-2-6-10-15;1-10-3-4-14(19-9-10)11-5-12(7-16)13(8-17)15(6-11)18-2;/h1-9,11-13H;3-5,9H,1H3;/q2*-1;/i;1D3;. The van der Waals surface area contributed by atoms with Crippen molar-refractivity contribution < 1.29 is 24.2 Å². The number of hydrogen-bond acceptors (Lipinski definition) is 4. The van der Waals surface area contributed by atoms with Gasteiger partial charge < -0.3 is 9.97 Å². The molecule has 0 aliphatic rings. The van der Waals surface area contributed by atoms with Crippen LogP contribution in [-0.2, 0) is 20.1 Å². The maximum atomic E-state index is 9.08. The molecule has 0 unspecified atom stereocenters. The smallest absolute Gasteiger partial charge is 0.124 e. The van der Waals surface area contributed by atoms with Crippen LogP contribution in [0.1, 0.15) is 20.8 Å². The zero-order chi connectivity index (χ0) is 28.5. The second-order valence-corrected chi connectivity index (χ2v) is 7.66. The SMILES string of the molecule is [2H]C([2H])([2H])c1ccc(-c2[c-]c([N+]#[C-])c(C#N)c(C#N)c2)nc1.[Ir].[c-]1ccccc1-c1ccc(-c2ccccc2)cn1. The Hall–Kier alpha value is -4.92. The summed E-state index contributed by atoms with van der Waals surface area (Å²) < 4.78 is 21.9. The fourth-order valence-corrected chi connectivity index (χ4v) is 3.45. The van der Waals surface area contributed by atoms with Crippen LogP contribution in [0.2, 0.25) is 0 Å². The molecule has 0 fully saturated rings. The molecule has 38 heavy (non-hydrogen) atoms. The number of aromatic nitrogens is 2. The first-order chi connectivity index (χ1) is 19.3. The molecule has 0 aliphatic heterocycles. The van der Waals surface area contributed by atoms with Crippen LogP contribution in [0.4, 0.5) is 5.69 Å². The molecule has 1 radical (unpaired) electrons. The summed E-state index contributed by atoms with van der Waals surface area (Å²) in [6.45, 7) is 4.82. The second kappa shape index (κ2) is 13.4. The summed E-state index contributed by atoms with van der Waals surface area (Å²) in [5.74, 6) is 0. The van der Waals surface area contributed by atoms with Crippen LogP contribution in [0, 0.1) is 48.2 Å². The van der Waals surface area contributed by atoms with E-state index in [-0.39, 0.29) is 42.5 Å². The molecule has 0 amide bonds. The zero-order valence-electron chi connectivity index (χ0n) is 22.8. The monoisotopic (exact) mass is 669 g/mol.